The van der Waals surface area contributed by atoms with E-state index in [2.05, 4.69) is 0 Å². The van der Waals surface area contributed by atoms with Crippen LogP contribution in [0.3, 0.4) is 0 Å². The third-order valence-electron chi connectivity index (χ3n) is 1.35. The second-order valence-corrected chi connectivity index (χ2v) is 4.07. The van der Waals surface area contributed by atoms with Gasteiger partial charge in [-0.2, -0.15) is 0 Å². The highest BCUT2D eigenvalue weighted by atomic mass is 35.5. The first kappa shape index (κ1) is 17.3. The van der Waals surface area contributed by atoms with Crippen molar-refractivity contribution in [3.05, 3.63) is 0 Å². The van der Waals surface area contributed by atoms with E-state index in [0.717, 1.165) is 0 Å². The Morgan fingerprint density at radius 2 is 1.75 bits per heavy atom. The van der Waals surface area contributed by atoms with Gasteiger partial charge in [0.05, 0.1) is 0 Å². The van der Waals surface area contributed by atoms with Crippen molar-refractivity contribution in [3.8, 4) is 0 Å². The highest BCUT2D eigenvalue weighted by Crippen LogP contribution is 2.08. The van der Waals surface area contributed by atoms with Crippen molar-refractivity contribution >= 4 is 30.1 Å². The first-order valence-corrected chi connectivity index (χ1v) is 4.38. The lowest BCUT2D eigenvalue weighted by Gasteiger charge is -2.18. The number of ketones is 1. The number of carboxylic acid groups (broad SMARTS) is 1. The number of rotatable bonds is 4. The first-order chi connectivity index (χ1) is 6.63. The molecule has 7 heteroatoms. The minimum atomic E-state index is -1.37. The first-order valence-electron chi connectivity index (χ1n) is 4.38. The summed E-state index contributed by atoms with van der Waals surface area (Å²) in [6.45, 7) is 4.82. The molecule has 0 amide bonds. The lowest BCUT2D eigenvalue weighted by Crippen LogP contribution is -2.37. The number of aliphatic carboxylic acids is 1. The molecule has 1 atom stereocenters. The molecule has 0 aromatic heterocycles. The molecule has 0 fully saturated rings. The van der Waals surface area contributed by atoms with Gasteiger partial charge in [0.15, 0.2) is 0 Å². The fourth-order valence-corrected chi connectivity index (χ4v) is 0.705. The topological polar surface area (TPSA) is 107 Å². The number of carbonyl (C=O) groups is 3. The van der Waals surface area contributed by atoms with Gasteiger partial charge in [-0.15, -0.1) is 12.4 Å². The molecule has 0 unspecified atom stereocenters. The molecule has 0 heterocycles. The lowest BCUT2D eigenvalue weighted by molar-refractivity contribution is -0.162. The van der Waals surface area contributed by atoms with Crippen LogP contribution in [0.15, 0.2) is 0 Å². The van der Waals surface area contributed by atoms with Crippen LogP contribution in [-0.4, -0.2) is 34.5 Å². The maximum atomic E-state index is 11.1. The second kappa shape index (κ2) is 6.44. The lowest BCUT2D eigenvalue weighted by atomic mass is 10.1. The van der Waals surface area contributed by atoms with Crippen LogP contribution < -0.4 is 5.73 Å². The Morgan fingerprint density at radius 1 is 1.31 bits per heavy atom. The van der Waals surface area contributed by atoms with E-state index in [4.69, 9.17) is 15.6 Å². The van der Waals surface area contributed by atoms with Gasteiger partial charge in [0, 0.05) is 6.42 Å². The summed E-state index contributed by atoms with van der Waals surface area (Å²) in [7, 11) is 0. The van der Waals surface area contributed by atoms with Crippen molar-refractivity contribution in [1.82, 2.24) is 0 Å². The number of Topliss-reactive ketones (excluding diaryl/α,β-unsaturated/α-hetero) is 1. The summed E-state index contributed by atoms with van der Waals surface area (Å²) in [5.41, 5.74) is 4.31. The molecule has 0 spiro atoms. The molecule has 6 nitrogen and oxygen atoms in total. The summed E-state index contributed by atoms with van der Waals surface area (Å²) in [5, 5.41) is 8.42. The predicted molar refractivity (Wildman–Crippen MR) is 58.3 cm³/mol. The van der Waals surface area contributed by atoms with E-state index in [1.54, 1.807) is 20.8 Å². The van der Waals surface area contributed by atoms with Crippen LogP contribution >= 0.6 is 12.4 Å². The Hall–Kier alpha value is -1.14. The van der Waals surface area contributed by atoms with Crippen molar-refractivity contribution in [2.24, 2.45) is 5.73 Å². The molecule has 0 saturated heterocycles. The molecule has 0 aromatic rings. The Morgan fingerprint density at radius 3 is 2.06 bits per heavy atom. The number of esters is 1. The van der Waals surface area contributed by atoms with E-state index in [-0.39, 0.29) is 12.4 Å². The fourth-order valence-electron chi connectivity index (χ4n) is 0.705. The van der Waals surface area contributed by atoms with Gasteiger partial charge in [0.25, 0.3) is 0 Å². The van der Waals surface area contributed by atoms with Crippen LogP contribution in [0.25, 0.3) is 0 Å². The Balaban J connectivity index is 0. The van der Waals surface area contributed by atoms with Crippen molar-refractivity contribution in [3.63, 3.8) is 0 Å². The molecular formula is C9H16ClNO5. The molecule has 0 saturated carbocycles. The van der Waals surface area contributed by atoms with Gasteiger partial charge in [0.2, 0.25) is 5.78 Å². The summed E-state index contributed by atoms with van der Waals surface area (Å²) >= 11 is 0. The number of ether oxygens (including phenoxy) is 1. The number of carboxylic acids is 1. The minimum absolute atomic E-state index is 0. The van der Waals surface area contributed by atoms with Crippen molar-refractivity contribution in [1.29, 1.82) is 0 Å². The number of hydrogen-bond donors (Lipinski definition) is 2. The summed E-state index contributed by atoms with van der Waals surface area (Å²) in [5.74, 6) is -3.31. The zero-order chi connectivity index (χ0) is 12.2. The zero-order valence-corrected chi connectivity index (χ0v) is 10.2. The summed E-state index contributed by atoms with van der Waals surface area (Å²) < 4.78 is 4.74. The van der Waals surface area contributed by atoms with Crippen LogP contribution in [0.2, 0.25) is 0 Å². The van der Waals surface area contributed by atoms with Gasteiger partial charge in [-0.25, -0.2) is 4.79 Å². The summed E-state index contributed by atoms with van der Waals surface area (Å²) in [6, 6.07) is -1.37. The quantitative estimate of drug-likeness (QED) is 0.544. The van der Waals surface area contributed by atoms with E-state index in [9.17, 15) is 14.4 Å². The number of nitrogens with two attached hydrogens (primary N) is 1. The normalized spacial score (nSPS) is 12.2. The molecular weight excluding hydrogens is 238 g/mol. The van der Waals surface area contributed by atoms with E-state index in [0.29, 0.717) is 0 Å². The zero-order valence-electron chi connectivity index (χ0n) is 9.35. The highest BCUT2D eigenvalue weighted by Gasteiger charge is 2.26. The summed E-state index contributed by atoms with van der Waals surface area (Å²) in [4.78, 5) is 32.5. The molecule has 94 valence electrons. The van der Waals surface area contributed by atoms with Crippen LogP contribution in [0.1, 0.15) is 27.2 Å². The van der Waals surface area contributed by atoms with E-state index in [1.807, 2.05) is 0 Å². The molecule has 0 aromatic carbocycles. The SMILES string of the molecule is CC(C)(C)OC(=O)C(=O)C[C@H](N)C(=O)O.Cl. The average molecular weight is 254 g/mol. The highest BCUT2D eigenvalue weighted by molar-refractivity contribution is 6.34. The second-order valence-electron chi connectivity index (χ2n) is 4.07. The van der Waals surface area contributed by atoms with Gasteiger partial charge >= 0.3 is 11.9 Å². The standard InChI is InChI=1S/C9H15NO5.ClH/c1-9(2,3)15-8(14)6(11)4-5(10)7(12)13;/h5H,4,10H2,1-3H3,(H,12,13);1H/t5-;/m0./s1. The molecule has 0 radical (unpaired) electrons. The minimum Gasteiger partial charge on any atom is -0.480 e. The predicted octanol–water partition coefficient (Wildman–Crippen LogP) is 0.121. The molecule has 0 rings (SSSR count). The average Bonchev–Trinajstić information content (AvgIpc) is 2.00. The maximum absolute atomic E-state index is 11.1. The maximum Gasteiger partial charge on any atom is 0.375 e. The molecule has 0 aliphatic rings. The number of carbonyl (C=O) groups excluding carboxylic acids is 2. The van der Waals surface area contributed by atoms with Gasteiger partial charge in [-0.3, -0.25) is 9.59 Å². The van der Waals surface area contributed by atoms with E-state index < -0.39 is 35.8 Å². The van der Waals surface area contributed by atoms with Gasteiger partial charge < -0.3 is 15.6 Å². The molecule has 16 heavy (non-hydrogen) atoms. The smallest absolute Gasteiger partial charge is 0.375 e. The van der Waals surface area contributed by atoms with Crippen molar-refractivity contribution < 1.29 is 24.2 Å². The monoisotopic (exact) mass is 253 g/mol. The molecule has 0 aliphatic carbocycles. The number of hydrogen-bond acceptors (Lipinski definition) is 5. The Labute approximate surface area is 99.5 Å². The van der Waals surface area contributed by atoms with E-state index in [1.165, 1.54) is 0 Å². The molecule has 0 aliphatic heterocycles. The van der Waals surface area contributed by atoms with Gasteiger partial charge in [-0.05, 0) is 20.8 Å². The van der Waals surface area contributed by atoms with Crippen LogP contribution in [0.4, 0.5) is 0 Å². The molecule has 0 bridgehead atoms. The third kappa shape index (κ3) is 7.19. The van der Waals surface area contributed by atoms with Gasteiger partial charge in [-0.1, -0.05) is 0 Å². The fraction of sp³-hybridized carbons (Fsp3) is 0.667. The third-order valence-corrected chi connectivity index (χ3v) is 1.35. The van der Waals surface area contributed by atoms with Crippen LogP contribution in [0, 0.1) is 0 Å². The largest absolute Gasteiger partial charge is 0.480 e. The Kier molecular flexibility index (Phi) is 6.95. The van der Waals surface area contributed by atoms with Crippen LogP contribution in [-0.2, 0) is 19.1 Å². The van der Waals surface area contributed by atoms with Crippen molar-refractivity contribution in [2.45, 2.75) is 38.8 Å². The van der Waals surface area contributed by atoms with Gasteiger partial charge in [0.1, 0.15) is 11.6 Å². The number of halogens is 1. The summed E-state index contributed by atoms with van der Waals surface area (Å²) in [6.07, 6.45) is -0.551. The van der Waals surface area contributed by atoms with Crippen molar-refractivity contribution in [2.75, 3.05) is 0 Å². The molecule has 3 N–H and O–H groups in total. The Bertz CT molecular complexity index is 284. The van der Waals surface area contributed by atoms with E-state index >= 15 is 0 Å². The van der Waals surface area contributed by atoms with Crippen LogP contribution in [0.5, 0.6) is 0 Å².